The normalized spacial score (nSPS) is 9.36. The maximum atomic E-state index is 14.4. The van der Waals surface area contributed by atoms with Gasteiger partial charge in [-0.05, 0) is 66.7 Å². The minimum atomic E-state index is -0.551. The number of hydrogen-bond donors (Lipinski definition) is 0. The highest BCUT2D eigenvalue weighted by Crippen LogP contribution is 2.14. The smallest absolute Gasteiger partial charge is 0.335 e. The van der Waals surface area contributed by atoms with Gasteiger partial charge in [0.05, 0.1) is 5.56 Å². The van der Waals surface area contributed by atoms with E-state index in [0.717, 1.165) is 12.2 Å². The Labute approximate surface area is 191 Å². The van der Waals surface area contributed by atoms with Gasteiger partial charge in [0.25, 0.3) is 0 Å². The number of halogens is 1. The standard InChI is InChI=1S/C28H17FO4/c1-3-27(30)32-24-15-9-20(10-16-24)5-6-22-8-14-23(26(29)19-22)13-7-21-11-17-25(18-12-21)33-28(31)4-2/h3-4,8-12,14-19H,1-2H2. The van der Waals surface area contributed by atoms with Crippen molar-refractivity contribution in [3.8, 4) is 35.2 Å². The zero-order valence-electron chi connectivity index (χ0n) is 17.4. The molecule has 0 aliphatic heterocycles. The van der Waals surface area contributed by atoms with Gasteiger partial charge >= 0.3 is 11.9 Å². The summed E-state index contributed by atoms with van der Waals surface area (Å²) in [6.45, 7) is 6.67. The van der Waals surface area contributed by atoms with Gasteiger partial charge in [0.2, 0.25) is 0 Å². The Bertz CT molecular complexity index is 1330. The Kier molecular flexibility index (Phi) is 7.57. The predicted molar refractivity (Wildman–Crippen MR) is 123 cm³/mol. The topological polar surface area (TPSA) is 52.6 Å². The third-order valence-electron chi connectivity index (χ3n) is 4.14. The fourth-order valence-corrected chi connectivity index (χ4v) is 2.51. The van der Waals surface area contributed by atoms with Crippen molar-refractivity contribution in [3.05, 3.63) is 120 Å². The molecule has 0 N–H and O–H groups in total. The van der Waals surface area contributed by atoms with E-state index in [0.29, 0.717) is 28.2 Å². The van der Waals surface area contributed by atoms with E-state index >= 15 is 0 Å². The summed E-state index contributed by atoms with van der Waals surface area (Å²) in [4.78, 5) is 22.4. The first-order chi connectivity index (χ1) is 16.0. The van der Waals surface area contributed by atoms with Gasteiger partial charge in [-0.1, -0.05) is 36.8 Å². The van der Waals surface area contributed by atoms with Gasteiger partial charge in [0.1, 0.15) is 17.3 Å². The summed E-state index contributed by atoms with van der Waals surface area (Å²) in [5, 5.41) is 0. The molecule has 0 atom stereocenters. The van der Waals surface area contributed by atoms with Crippen molar-refractivity contribution in [3.63, 3.8) is 0 Å². The third-order valence-corrected chi connectivity index (χ3v) is 4.14. The van der Waals surface area contributed by atoms with E-state index in [9.17, 15) is 14.0 Å². The van der Waals surface area contributed by atoms with E-state index in [-0.39, 0.29) is 5.56 Å². The summed E-state index contributed by atoms with van der Waals surface area (Å²) in [5.74, 6) is 10.6. The second-order valence-corrected chi connectivity index (χ2v) is 6.49. The predicted octanol–water partition coefficient (Wildman–Crippen LogP) is 4.81. The van der Waals surface area contributed by atoms with E-state index < -0.39 is 17.8 Å². The molecule has 0 saturated carbocycles. The summed E-state index contributed by atoms with van der Waals surface area (Å²) < 4.78 is 24.4. The Morgan fingerprint density at radius 2 is 1.09 bits per heavy atom. The lowest BCUT2D eigenvalue weighted by Crippen LogP contribution is -2.02. The third kappa shape index (κ3) is 6.82. The van der Waals surface area contributed by atoms with Gasteiger partial charge in [-0.25, -0.2) is 14.0 Å². The summed E-state index contributed by atoms with van der Waals surface area (Å²) in [7, 11) is 0. The highest BCUT2D eigenvalue weighted by molar-refractivity contribution is 5.83. The molecule has 3 rings (SSSR count). The van der Waals surface area contributed by atoms with Gasteiger partial charge in [-0.2, -0.15) is 0 Å². The Morgan fingerprint density at radius 1 is 0.667 bits per heavy atom. The summed E-state index contributed by atoms with van der Waals surface area (Å²) in [6.07, 6.45) is 2.15. The molecule has 0 aliphatic carbocycles. The van der Waals surface area contributed by atoms with Crippen LogP contribution in [0.5, 0.6) is 11.5 Å². The maximum absolute atomic E-state index is 14.4. The minimum absolute atomic E-state index is 0.232. The molecule has 3 aromatic rings. The van der Waals surface area contributed by atoms with Crippen LogP contribution in [-0.4, -0.2) is 11.9 Å². The second-order valence-electron chi connectivity index (χ2n) is 6.49. The van der Waals surface area contributed by atoms with Crippen LogP contribution in [-0.2, 0) is 9.59 Å². The van der Waals surface area contributed by atoms with E-state index in [2.05, 4.69) is 36.8 Å². The van der Waals surface area contributed by atoms with Gasteiger partial charge < -0.3 is 9.47 Å². The average Bonchev–Trinajstić information content (AvgIpc) is 2.83. The fraction of sp³-hybridized carbons (Fsp3) is 0. The lowest BCUT2D eigenvalue weighted by Gasteiger charge is -2.00. The van der Waals surface area contributed by atoms with Crippen molar-refractivity contribution in [2.75, 3.05) is 0 Å². The van der Waals surface area contributed by atoms with Crippen LogP contribution in [0.1, 0.15) is 22.3 Å². The molecule has 0 saturated heterocycles. The van der Waals surface area contributed by atoms with Crippen LogP contribution in [0, 0.1) is 29.5 Å². The lowest BCUT2D eigenvalue weighted by molar-refractivity contribution is -0.129. The zero-order chi connectivity index (χ0) is 23.6. The molecule has 5 heteroatoms. The quantitative estimate of drug-likeness (QED) is 0.255. The number of hydrogen-bond acceptors (Lipinski definition) is 4. The van der Waals surface area contributed by atoms with Crippen molar-refractivity contribution in [1.82, 2.24) is 0 Å². The van der Waals surface area contributed by atoms with Crippen LogP contribution in [0.3, 0.4) is 0 Å². The molecule has 4 nitrogen and oxygen atoms in total. The molecule has 0 aromatic heterocycles. The fourth-order valence-electron chi connectivity index (χ4n) is 2.51. The molecular weight excluding hydrogens is 419 g/mol. The average molecular weight is 436 g/mol. The van der Waals surface area contributed by atoms with Crippen LogP contribution < -0.4 is 9.47 Å². The number of rotatable bonds is 4. The largest absolute Gasteiger partial charge is 0.423 e. The van der Waals surface area contributed by atoms with Gasteiger partial charge in [-0.15, -0.1) is 0 Å². The van der Waals surface area contributed by atoms with Crippen LogP contribution in [0.2, 0.25) is 0 Å². The van der Waals surface area contributed by atoms with Gasteiger partial charge in [0, 0.05) is 28.8 Å². The maximum Gasteiger partial charge on any atom is 0.335 e. The molecule has 160 valence electrons. The van der Waals surface area contributed by atoms with E-state index in [4.69, 9.17) is 9.47 Å². The highest BCUT2D eigenvalue weighted by atomic mass is 19.1. The molecule has 0 unspecified atom stereocenters. The number of carbonyl (C=O) groups excluding carboxylic acids is 2. The molecular formula is C28H17FO4. The molecule has 0 bridgehead atoms. The molecule has 0 spiro atoms. The van der Waals surface area contributed by atoms with Crippen molar-refractivity contribution >= 4 is 11.9 Å². The monoisotopic (exact) mass is 436 g/mol. The van der Waals surface area contributed by atoms with Crippen LogP contribution in [0.4, 0.5) is 4.39 Å². The Hall–Kier alpha value is -4.87. The molecule has 0 fully saturated rings. The first-order valence-corrected chi connectivity index (χ1v) is 9.69. The zero-order valence-corrected chi connectivity index (χ0v) is 17.4. The molecule has 0 radical (unpaired) electrons. The van der Waals surface area contributed by atoms with Crippen molar-refractivity contribution in [1.29, 1.82) is 0 Å². The summed E-state index contributed by atoms with van der Waals surface area (Å²) in [6, 6.07) is 17.7. The van der Waals surface area contributed by atoms with Crippen molar-refractivity contribution < 1.29 is 23.5 Å². The highest BCUT2D eigenvalue weighted by Gasteiger charge is 2.02. The number of carbonyl (C=O) groups is 2. The van der Waals surface area contributed by atoms with Crippen LogP contribution in [0.25, 0.3) is 0 Å². The first-order valence-electron chi connectivity index (χ1n) is 9.69. The summed E-state index contributed by atoms with van der Waals surface area (Å²) in [5.41, 5.74) is 2.04. The van der Waals surface area contributed by atoms with Crippen LogP contribution >= 0.6 is 0 Å². The van der Waals surface area contributed by atoms with E-state index in [1.54, 1.807) is 60.7 Å². The van der Waals surface area contributed by atoms with E-state index in [1.807, 2.05) is 0 Å². The Balaban J connectivity index is 1.68. The first kappa shape index (κ1) is 22.8. The van der Waals surface area contributed by atoms with Crippen molar-refractivity contribution in [2.24, 2.45) is 0 Å². The lowest BCUT2D eigenvalue weighted by atomic mass is 10.1. The minimum Gasteiger partial charge on any atom is -0.423 e. The van der Waals surface area contributed by atoms with Crippen molar-refractivity contribution in [2.45, 2.75) is 0 Å². The summed E-state index contributed by atoms with van der Waals surface area (Å²) >= 11 is 0. The second kappa shape index (κ2) is 10.9. The van der Waals surface area contributed by atoms with Gasteiger partial charge in [0.15, 0.2) is 0 Å². The number of ether oxygens (including phenoxy) is 2. The SMILES string of the molecule is C=CC(=O)Oc1ccc(C#Cc2ccc(C#Cc3ccc(OC(=O)C=C)cc3)c(F)c2)cc1. The number of esters is 2. The molecule has 0 aliphatic rings. The van der Waals surface area contributed by atoms with Gasteiger partial charge in [-0.3, -0.25) is 0 Å². The number of benzene rings is 3. The molecule has 3 aromatic carbocycles. The molecule has 0 amide bonds. The van der Waals surface area contributed by atoms with Crippen LogP contribution in [0.15, 0.2) is 92.0 Å². The molecule has 33 heavy (non-hydrogen) atoms. The van der Waals surface area contributed by atoms with E-state index in [1.165, 1.54) is 6.07 Å². The Morgan fingerprint density at radius 3 is 1.55 bits per heavy atom. The molecule has 0 heterocycles.